The van der Waals surface area contributed by atoms with E-state index in [1.807, 2.05) is 24.3 Å². The van der Waals surface area contributed by atoms with E-state index in [0.29, 0.717) is 21.3 Å². The maximum atomic E-state index is 12.5. The van der Waals surface area contributed by atoms with Crippen LogP contribution in [0.5, 0.6) is 0 Å². The lowest BCUT2D eigenvalue weighted by Crippen LogP contribution is -2.18. The molecule has 0 fully saturated rings. The zero-order valence-electron chi connectivity index (χ0n) is 15.6. The summed E-state index contributed by atoms with van der Waals surface area (Å²) in [5, 5.41) is 12.8. The molecule has 0 heterocycles. The van der Waals surface area contributed by atoms with Gasteiger partial charge in [-0.3, -0.25) is 9.59 Å². The lowest BCUT2D eigenvalue weighted by molar-refractivity contribution is -0.137. The fraction of sp³-hybridized carbons (Fsp3) is 0.333. The summed E-state index contributed by atoms with van der Waals surface area (Å²) in [4.78, 5) is 23.7. The molecule has 2 aromatic rings. The number of benzene rings is 2. The van der Waals surface area contributed by atoms with Gasteiger partial charge in [0.05, 0.1) is 6.42 Å². The fourth-order valence-electron chi connectivity index (χ4n) is 2.82. The molecule has 0 aliphatic carbocycles. The van der Waals surface area contributed by atoms with Gasteiger partial charge in [-0.25, -0.2) is 0 Å². The second kappa shape index (κ2) is 8.77. The molecule has 0 bridgehead atoms. The first-order valence-electron chi connectivity index (χ1n) is 8.63. The Labute approximate surface area is 169 Å². The van der Waals surface area contributed by atoms with E-state index in [1.54, 1.807) is 18.2 Å². The first-order valence-corrected chi connectivity index (χ1v) is 9.39. The summed E-state index contributed by atoms with van der Waals surface area (Å²) in [7, 11) is 0. The summed E-state index contributed by atoms with van der Waals surface area (Å²) in [6, 6.07) is 12.5. The van der Waals surface area contributed by atoms with Crippen LogP contribution in [0.2, 0.25) is 10.0 Å². The van der Waals surface area contributed by atoms with Crippen molar-refractivity contribution < 1.29 is 14.7 Å². The van der Waals surface area contributed by atoms with Gasteiger partial charge in [0.2, 0.25) is 5.91 Å². The number of anilines is 1. The van der Waals surface area contributed by atoms with Crippen molar-refractivity contribution in [2.24, 2.45) is 0 Å². The molecule has 27 heavy (non-hydrogen) atoms. The van der Waals surface area contributed by atoms with E-state index < -0.39 is 11.9 Å². The molecule has 4 nitrogen and oxygen atoms in total. The number of carbonyl (C=O) groups excluding carboxylic acids is 1. The number of carboxylic acid groups (broad SMARTS) is 1. The van der Waals surface area contributed by atoms with Gasteiger partial charge < -0.3 is 10.4 Å². The van der Waals surface area contributed by atoms with Gasteiger partial charge >= 0.3 is 5.97 Å². The Hall–Kier alpha value is -2.04. The van der Waals surface area contributed by atoms with Crippen molar-refractivity contribution in [2.75, 3.05) is 5.32 Å². The predicted molar refractivity (Wildman–Crippen MR) is 110 cm³/mol. The van der Waals surface area contributed by atoms with Crippen LogP contribution in [0.15, 0.2) is 42.5 Å². The van der Waals surface area contributed by atoms with Crippen LogP contribution in [0, 0.1) is 0 Å². The number of rotatable bonds is 6. The second-order valence-electron chi connectivity index (χ2n) is 7.54. The number of hydrogen-bond donors (Lipinski definition) is 2. The number of aliphatic carboxylic acids is 1. The molecule has 6 heteroatoms. The van der Waals surface area contributed by atoms with E-state index >= 15 is 0 Å². The normalized spacial score (nSPS) is 12.5. The third-order valence-corrected chi connectivity index (χ3v) is 4.85. The van der Waals surface area contributed by atoms with Crippen LogP contribution in [0.1, 0.15) is 50.7 Å². The molecule has 1 atom stereocenters. The van der Waals surface area contributed by atoms with Gasteiger partial charge in [-0.1, -0.05) is 62.2 Å². The second-order valence-corrected chi connectivity index (χ2v) is 8.38. The highest BCUT2D eigenvalue weighted by molar-refractivity contribution is 6.35. The highest BCUT2D eigenvalue weighted by Gasteiger charge is 2.22. The Morgan fingerprint density at radius 3 is 2.19 bits per heavy atom. The molecule has 144 valence electrons. The maximum absolute atomic E-state index is 12.5. The molecular weight excluding hydrogens is 385 g/mol. The summed E-state index contributed by atoms with van der Waals surface area (Å²) < 4.78 is 0. The quantitative estimate of drug-likeness (QED) is 0.628. The minimum absolute atomic E-state index is 0.00861. The van der Waals surface area contributed by atoms with Gasteiger partial charge in [0.1, 0.15) is 0 Å². The molecule has 2 N–H and O–H groups in total. The number of hydrogen-bond acceptors (Lipinski definition) is 2. The van der Waals surface area contributed by atoms with E-state index in [2.05, 4.69) is 26.1 Å². The zero-order chi connectivity index (χ0) is 20.2. The van der Waals surface area contributed by atoms with E-state index in [4.69, 9.17) is 23.2 Å². The lowest BCUT2D eigenvalue weighted by atomic mass is 9.87. The minimum atomic E-state index is -0.992. The average molecular weight is 408 g/mol. The van der Waals surface area contributed by atoms with Gasteiger partial charge in [0, 0.05) is 28.1 Å². The third kappa shape index (κ3) is 6.26. The summed E-state index contributed by atoms with van der Waals surface area (Å²) in [5.41, 5.74) is 2.46. The Bertz CT molecular complexity index is 826. The highest BCUT2D eigenvalue weighted by atomic mass is 35.5. The molecule has 2 aromatic carbocycles. The Morgan fingerprint density at radius 2 is 1.67 bits per heavy atom. The number of carboxylic acids is 1. The van der Waals surface area contributed by atoms with Crippen molar-refractivity contribution in [2.45, 2.75) is 44.9 Å². The van der Waals surface area contributed by atoms with E-state index in [1.165, 1.54) is 0 Å². The van der Waals surface area contributed by atoms with Crippen molar-refractivity contribution in [3.8, 4) is 0 Å². The summed E-state index contributed by atoms with van der Waals surface area (Å²) >= 11 is 12.1. The summed E-state index contributed by atoms with van der Waals surface area (Å²) in [5.74, 6) is -1.80. The highest BCUT2D eigenvalue weighted by Crippen LogP contribution is 2.32. The van der Waals surface area contributed by atoms with Crippen LogP contribution >= 0.6 is 23.2 Å². The Balaban J connectivity index is 2.12. The molecule has 0 aliphatic rings. The van der Waals surface area contributed by atoms with Crippen LogP contribution in [-0.2, 0) is 15.0 Å². The largest absolute Gasteiger partial charge is 0.481 e. The third-order valence-electron chi connectivity index (χ3n) is 4.29. The van der Waals surface area contributed by atoms with Crippen LogP contribution in [0.4, 0.5) is 5.69 Å². The van der Waals surface area contributed by atoms with Gasteiger partial charge in [-0.15, -0.1) is 0 Å². The number of nitrogens with one attached hydrogen (secondary N) is 1. The summed E-state index contributed by atoms with van der Waals surface area (Å²) in [6.45, 7) is 6.35. The van der Waals surface area contributed by atoms with Gasteiger partial charge in [0.25, 0.3) is 0 Å². The molecular formula is C21H23Cl2NO3. The summed E-state index contributed by atoms with van der Waals surface area (Å²) in [6.07, 6.45) is -0.188. The van der Waals surface area contributed by atoms with Crippen LogP contribution in [0.25, 0.3) is 0 Å². The zero-order valence-corrected chi connectivity index (χ0v) is 17.1. The molecule has 2 rings (SSSR count). The smallest absolute Gasteiger partial charge is 0.303 e. The van der Waals surface area contributed by atoms with Gasteiger partial charge in [0.15, 0.2) is 0 Å². The first-order chi connectivity index (χ1) is 12.6. The molecule has 0 spiro atoms. The van der Waals surface area contributed by atoms with E-state index in [9.17, 15) is 14.7 Å². The first kappa shape index (κ1) is 21.3. The van der Waals surface area contributed by atoms with E-state index in [0.717, 1.165) is 5.56 Å². The van der Waals surface area contributed by atoms with Crippen LogP contribution in [-0.4, -0.2) is 17.0 Å². The topological polar surface area (TPSA) is 66.4 Å². The molecule has 0 saturated heterocycles. The van der Waals surface area contributed by atoms with Crippen LogP contribution < -0.4 is 5.32 Å². The molecule has 0 aromatic heterocycles. The molecule has 0 radical (unpaired) electrons. The predicted octanol–water partition coefficient (Wildman–Crippen LogP) is 5.88. The Kier molecular flexibility index (Phi) is 6.90. The molecule has 1 amide bonds. The average Bonchev–Trinajstić information content (AvgIpc) is 2.53. The van der Waals surface area contributed by atoms with Crippen molar-refractivity contribution in [3.63, 3.8) is 0 Å². The van der Waals surface area contributed by atoms with Gasteiger partial charge in [-0.05, 0) is 40.8 Å². The number of halogens is 2. The lowest BCUT2D eigenvalue weighted by Gasteiger charge is -2.20. The fourth-order valence-corrected chi connectivity index (χ4v) is 3.39. The standard InChI is InChI=1S/C21H23Cl2NO3/c1-21(2,3)14-4-7-16(8-5-14)24-19(25)10-13(11-20(26)27)17-9-6-15(22)12-18(17)23/h4-9,12-13H,10-11H2,1-3H3,(H,24,25)(H,26,27)/t13-/m1/s1. The maximum Gasteiger partial charge on any atom is 0.303 e. The van der Waals surface area contributed by atoms with Crippen molar-refractivity contribution in [1.29, 1.82) is 0 Å². The van der Waals surface area contributed by atoms with Gasteiger partial charge in [-0.2, -0.15) is 0 Å². The monoisotopic (exact) mass is 407 g/mol. The number of amides is 1. The van der Waals surface area contributed by atoms with Crippen molar-refractivity contribution in [3.05, 3.63) is 63.6 Å². The molecule has 0 unspecified atom stereocenters. The van der Waals surface area contributed by atoms with E-state index in [-0.39, 0.29) is 24.2 Å². The van der Waals surface area contributed by atoms with Crippen molar-refractivity contribution in [1.82, 2.24) is 0 Å². The Morgan fingerprint density at radius 1 is 1.04 bits per heavy atom. The van der Waals surface area contributed by atoms with Crippen molar-refractivity contribution >= 4 is 40.8 Å². The van der Waals surface area contributed by atoms with Crippen LogP contribution in [0.3, 0.4) is 0 Å². The molecule has 0 saturated carbocycles. The SMILES string of the molecule is CC(C)(C)c1ccc(NC(=O)C[C@H](CC(=O)O)c2ccc(Cl)cc2Cl)cc1. The molecule has 0 aliphatic heterocycles. The number of carbonyl (C=O) groups is 2. The minimum Gasteiger partial charge on any atom is -0.481 e.